The Morgan fingerprint density at radius 2 is 2.25 bits per heavy atom. The lowest BCUT2D eigenvalue weighted by Crippen LogP contribution is -2.22. The molecule has 3 nitrogen and oxygen atoms in total. The molecule has 0 aliphatic rings. The molecule has 0 fully saturated rings. The molecule has 0 aliphatic carbocycles. The molecule has 0 unspecified atom stereocenters. The van der Waals surface area contributed by atoms with Gasteiger partial charge >= 0.3 is 0 Å². The van der Waals surface area contributed by atoms with Crippen molar-refractivity contribution in [2.75, 3.05) is 33.4 Å². The second kappa shape index (κ2) is 6.88. The molecule has 0 aliphatic heterocycles. The van der Waals surface area contributed by atoms with E-state index in [-0.39, 0.29) is 0 Å². The lowest BCUT2D eigenvalue weighted by molar-refractivity contribution is 0.200. The van der Waals surface area contributed by atoms with Crippen LogP contribution in [0.1, 0.15) is 0 Å². The zero-order valence-corrected chi connectivity index (χ0v) is 5.24. The molecule has 0 aromatic carbocycles. The zero-order valence-electron chi connectivity index (χ0n) is 5.24. The largest absolute Gasteiger partial charge is 0.383 e. The molecule has 0 heterocycles. The van der Waals surface area contributed by atoms with Crippen molar-refractivity contribution in [1.29, 1.82) is 0 Å². The molecule has 8 heavy (non-hydrogen) atoms. The van der Waals surface area contributed by atoms with Crippen LogP contribution < -0.4 is 11.1 Å². The van der Waals surface area contributed by atoms with E-state index in [0.29, 0.717) is 6.54 Å². The van der Waals surface area contributed by atoms with E-state index in [1.165, 1.54) is 0 Å². The highest BCUT2D eigenvalue weighted by Gasteiger charge is 1.80. The van der Waals surface area contributed by atoms with Crippen molar-refractivity contribution in [2.24, 2.45) is 0 Å². The Kier molecular flexibility index (Phi) is 6.78. The van der Waals surface area contributed by atoms with E-state index in [2.05, 4.69) is 5.32 Å². The van der Waals surface area contributed by atoms with Crippen molar-refractivity contribution in [1.82, 2.24) is 11.1 Å². The van der Waals surface area contributed by atoms with E-state index < -0.39 is 0 Å². The second-order valence-electron chi connectivity index (χ2n) is 1.49. The van der Waals surface area contributed by atoms with Gasteiger partial charge in [-0.1, -0.05) is 0 Å². The highest BCUT2D eigenvalue weighted by molar-refractivity contribution is 4.43. The quantitative estimate of drug-likeness (QED) is 0.494. The fourth-order valence-corrected chi connectivity index (χ4v) is 0.388. The van der Waals surface area contributed by atoms with Gasteiger partial charge in [0.15, 0.2) is 0 Å². The lowest BCUT2D eigenvalue weighted by Gasteiger charge is -1.98. The summed E-state index contributed by atoms with van der Waals surface area (Å²) in [7, 11) is 1.67. The molecule has 0 rings (SSSR count). The lowest BCUT2D eigenvalue weighted by atomic mass is 10.6. The number of hydrogen-bond acceptors (Lipinski definition) is 2. The third-order valence-electron chi connectivity index (χ3n) is 0.785. The summed E-state index contributed by atoms with van der Waals surface area (Å²) in [4.78, 5) is 0. The summed E-state index contributed by atoms with van der Waals surface area (Å²) < 4.78 is 4.76. The van der Waals surface area contributed by atoms with Crippen LogP contribution >= 0.6 is 0 Å². The Bertz CT molecular complexity index is 35.4. The van der Waals surface area contributed by atoms with E-state index in [1.807, 2.05) is 0 Å². The monoisotopic (exact) mass is 117 g/mol. The van der Waals surface area contributed by atoms with E-state index in [4.69, 9.17) is 10.5 Å². The molecular formula is C5H13N2O. The molecule has 2 N–H and O–H groups in total. The van der Waals surface area contributed by atoms with Gasteiger partial charge in [0.2, 0.25) is 0 Å². The summed E-state index contributed by atoms with van der Waals surface area (Å²) >= 11 is 0. The molecule has 0 spiro atoms. The number of rotatable bonds is 5. The van der Waals surface area contributed by atoms with Crippen LogP contribution in [-0.4, -0.2) is 33.4 Å². The van der Waals surface area contributed by atoms with Crippen LogP contribution in [0.5, 0.6) is 0 Å². The third kappa shape index (κ3) is 5.88. The van der Waals surface area contributed by atoms with Crippen molar-refractivity contribution in [3.05, 3.63) is 0 Å². The molecule has 0 aromatic heterocycles. The van der Waals surface area contributed by atoms with Gasteiger partial charge in [-0.2, -0.15) is 0 Å². The first-order chi connectivity index (χ1) is 3.91. The molecule has 0 saturated heterocycles. The minimum absolute atomic E-state index is 0.448. The minimum Gasteiger partial charge on any atom is -0.383 e. The molecular weight excluding hydrogens is 104 g/mol. The van der Waals surface area contributed by atoms with Crippen LogP contribution in [0.25, 0.3) is 0 Å². The SMILES string of the molecule is COCCNCC[NH]. The first kappa shape index (κ1) is 7.88. The number of methoxy groups -OCH3 is 1. The third-order valence-corrected chi connectivity index (χ3v) is 0.785. The van der Waals surface area contributed by atoms with Crippen molar-refractivity contribution < 1.29 is 4.74 Å². The zero-order chi connectivity index (χ0) is 6.24. The smallest absolute Gasteiger partial charge is 0.0587 e. The topological polar surface area (TPSA) is 45.1 Å². The van der Waals surface area contributed by atoms with E-state index in [1.54, 1.807) is 7.11 Å². The molecule has 0 bridgehead atoms. The molecule has 0 saturated carbocycles. The summed E-state index contributed by atoms with van der Waals surface area (Å²) in [6.07, 6.45) is 0. The van der Waals surface area contributed by atoms with Gasteiger partial charge in [0, 0.05) is 26.7 Å². The second-order valence-corrected chi connectivity index (χ2v) is 1.49. The Morgan fingerprint density at radius 3 is 2.75 bits per heavy atom. The highest BCUT2D eigenvalue weighted by atomic mass is 16.5. The minimum atomic E-state index is 0.448. The average molecular weight is 117 g/mol. The summed E-state index contributed by atoms with van der Waals surface area (Å²) in [6, 6.07) is 0. The fourth-order valence-electron chi connectivity index (χ4n) is 0.388. The van der Waals surface area contributed by atoms with Crippen LogP contribution in [-0.2, 0) is 4.74 Å². The number of nitrogens with one attached hydrogen (secondary N) is 2. The van der Waals surface area contributed by atoms with Crippen molar-refractivity contribution in [2.45, 2.75) is 0 Å². The van der Waals surface area contributed by atoms with Gasteiger partial charge in [0.05, 0.1) is 6.61 Å². The van der Waals surface area contributed by atoms with E-state index in [0.717, 1.165) is 19.7 Å². The van der Waals surface area contributed by atoms with Crippen molar-refractivity contribution in [3.63, 3.8) is 0 Å². The van der Waals surface area contributed by atoms with E-state index >= 15 is 0 Å². The van der Waals surface area contributed by atoms with E-state index in [9.17, 15) is 0 Å². The normalized spacial score (nSPS) is 9.75. The maximum absolute atomic E-state index is 6.73. The molecule has 1 radical (unpaired) electrons. The Morgan fingerprint density at radius 1 is 1.50 bits per heavy atom. The Labute approximate surface area is 50.2 Å². The fraction of sp³-hybridized carbons (Fsp3) is 1.00. The van der Waals surface area contributed by atoms with Crippen LogP contribution in [0.4, 0.5) is 0 Å². The van der Waals surface area contributed by atoms with Gasteiger partial charge in [-0.25, -0.2) is 0 Å². The van der Waals surface area contributed by atoms with Gasteiger partial charge in [-0.15, -0.1) is 0 Å². The molecule has 49 valence electrons. The Hall–Kier alpha value is -0.120. The van der Waals surface area contributed by atoms with Gasteiger partial charge < -0.3 is 10.1 Å². The number of ether oxygens (including phenoxy) is 1. The van der Waals surface area contributed by atoms with Crippen LogP contribution in [0.15, 0.2) is 0 Å². The first-order valence-electron chi connectivity index (χ1n) is 2.76. The van der Waals surface area contributed by atoms with Crippen molar-refractivity contribution >= 4 is 0 Å². The van der Waals surface area contributed by atoms with Crippen molar-refractivity contribution in [3.8, 4) is 0 Å². The standard InChI is InChI=1S/C5H13N2O/c1-8-5-4-7-3-2-6/h6-7H,2-5H2,1H3. The summed E-state index contributed by atoms with van der Waals surface area (Å²) in [5.41, 5.74) is 6.73. The Balaban J connectivity index is 2.53. The molecule has 0 atom stereocenters. The highest BCUT2D eigenvalue weighted by Crippen LogP contribution is 1.61. The maximum atomic E-state index is 6.73. The van der Waals surface area contributed by atoms with Gasteiger partial charge in [0.1, 0.15) is 0 Å². The number of hydrogen-bond donors (Lipinski definition) is 1. The van der Waals surface area contributed by atoms with Crippen LogP contribution in [0.3, 0.4) is 0 Å². The van der Waals surface area contributed by atoms with Gasteiger partial charge in [-0.05, 0) is 0 Å². The maximum Gasteiger partial charge on any atom is 0.0587 e. The van der Waals surface area contributed by atoms with Crippen LogP contribution in [0.2, 0.25) is 0 Å². The molecule has 0 aromatic rings. The summed E-state index contributed by atoms with van der Waals surface area (Å²) in [6.45, 7) is 2.81. The summed E-state index contributed by atoms with van der Waals surface area (Å²) in [5, 5.41) is 3.02. The summed E-state index contributed by atoms with van der Waals surface area (Å²) in [5.74, 6) is 0. The van der Waals surface area contributed by atoms with Crippen LogP contribution in [0, 0.1) is 0 Å². The predicted molar refractivity (Wildman–Crippen MR) is 32.7 cm³/mol. The first-order valence-corrected chi connectivity index (χ1v) is 2.76. The molecule has 0 amide bonds. The average Bonchev–Trinajstić information content (AvgIpc) is 1.81. The molecule has 3 heteroatoms. The predicted octanol–water partition coefficient (Wildman–Crippen LogP) is -0.495. The van der Waals surface area contributed by atoms with Gasteiger partial charge in [-0.3, -0.25) is 5.73 Å². The van der Waals surface area contributed by atoms with Gasteiger partial charge in [0.25, 0.3) is 0 Å².